The third-order valence-corrected chi connectivity index (χ3v) is 5.31. The van der Waals surface area contributed by atoms with Crippen molar-refractivity contribution in [2.45, 2.75) is 52.4 Å². The molecule has 2 aliphatic rings. The molecule has 3 heterocycles. The number of benzene rings is 1. The summed E-state index contributed by atoms with van der Waals surface area (Å²) in [5.74, 6) is 0.634. The lowest BCUT2D eigenvalue weighted by Gasteiger charge is -2.35. The molecule has 0 spiro atoms. The fourth-order valence-corrected chi connectivity index (χ4v) is 3.77. The van der Waals surface area contributed by atoms with Crippen LogP contribution in [0.5, 0.6) is 0 Å². The summed E-state index contributed by atoms with van der Waals surface area (Å²) in [6.07, 6.45) is -0.397. The molecule has 0 bridgehead atoms. The highest BCUT2D eigenvalue weighted by Gasteiger charge is 2.34. The lowest BCUT2D eigenvalue weighted by molar-refractivity contribution is 0.0240. The summed E-state index contributed by atoms with van der Waals surface area (Å²) in [6, 6.07) is 4.65. The first kappa shape index (κ1) is 21.3. The van der Waals surface area contributed by atoms with Gasteiger partial charge in [-0.15, -0.1) is 0 Å². The molecule has 1 aromatic carbocycles. The molecule has 1 amide bonds. The third kappa shape index (κ3) is 4.41. The van der Waals surface area contributed by atoms with Crippen LogP contribution in [0.2, 0.25) is 0 Å². The molecule has 0 saturated carbocycles. The molecule has 2 N–H and O–H groups in total. The Morgan fingerprint density at radius 1 is 1.29 bits per heavy atom. The van der Waals surface area contributed by atoms with Gasteiger partial charge in [0.25, 0.3) is 0 Å². The van der Waals surface area contributed by atoms with Crippen molar-refractivity contribution in [2.75, 3.05) is 30.4 Å². The van der Waals surface area contributed by atoms with Crippen LogP contribution in [0, 0.1) is 5.82 Å². The highest BCUT2D eigenvalue weighted by Crippen LogP contribution is 2.34. The highest BCUT2D eigenvalue weighted by atomic mass is 19.1. The Balaban J connectivity index is 1.74. The zero-order chi connectivity index (χ0) is 22.3. The molecule has 8 nitrogen and oxygen atoms in total. The van der Waals surface area contributed by atoms with E-state index < -0.39 is 17.5 Å². The predicted molar refractivity (Wildman–Crippen MR) is 115 cm³/mol. The molecule has 31 heavy (non-hydrogen) atoms. The van der Waals surface area contributed by atoms with Crippen molar-refractivity contribution in [1.29, 1.82) is 0 Å². The number of carbonyl (C=O) groups excluding carboxylic acids is 1. The summed E-state index contributed by atoms with van der Waals surface area (Å²) in [5, 5.41) is 0. The first-order chi connectivity index (χ1) is 14.6. The minimum absolute atomic E-state index is 0.0723. The zero-order valence-electron chi connectivity index (χ0n) is 18.3. The van der Waals surface area contributed by atoms with E-state index in [0.717, 1.165) is 17.1 Å². The second-order valence-corrected chi connectivity index (χ2v) is 8.99. The molecule has 0 radical (unpaired) electrons. The fourth-order valence-electron chi connectivity index (χ4n) is 3.77. The Labute approximate surface area is 181 Å². The molecule has 1 fully saturated rings. The van der Waals surface area contributed by atoms with E-state index in [9.17, 15) is 9.18 Å². The Bertz CT molecular complexity index is 1010. The van der Waals surface area contributed by atoms with Crippen LogP contribution in [0.15, 0.2) is 18.2 Å². The maximum atomic E-state index is 14.1. The van der Waals surface area contributed by atoms with Gasteiger partial charge < -0.3 is 20.1 Å². The smallest absolute Gasteiger partial charge is 0.410 e. The van der Waals surface area contributed by atoms with E-state index in [4.69, 9.17) is 20.2 Å². The van der Waals surface area contributed by atoms with Crippen molar-refractivity contribution in [2.24, 2.45) is 0 Å². The van der Waals surface area contributed by atoms with Crippen LogP contribution in [0.1, 0.15) is 39.0 Å². The van der Waals surface area contributed by atoms with Gasteiger partial charge in [0.05, 0.1) is 43.7 Å². The first-order valence-electron chi connectivity index (χ1n) is 10.4. The fraction of sp³-hybridized carbons (Fsp3) is 0.500. The molecule has 4 rings (SSSR count). The number of amides is 1. The minimum Gasteiger partial charge on any atom is -0.444 e. The van der Waals surface area contributed by atoms with Gasteiger partial charge in [-0.2, -0.15) is 0 Å². The number of hydrogen-bond donors (Lipinski definition) is 1. The van der Waals surface area contributed by atoms with E-state index in [-0.39, 0.29) is 11.7 Å². The Kier molecular flexibility index (Phi) is 5.47. The van der Waals surface area contributed by atoms with Gasteiger partial charge in [-0.25, -0.2) is 19.2 Å². The molecule has 166 valence electrons. The lowest BCUT2D eigenvalue weighted by Crippen LogP contribution is -2.44. The second kappa shape index (κ2) is 7.96. The standard InChI is InChI=1S/C22H28FN5O3/c1-13-12-30-8-7-28(13)20-15-10-27(21(29)31-22(2,3)4)11-18(15)25-19(26-20)14-5-6-17(24)16(23)9-14/h5-6,9,13H,7-8,10-12,24H2,1-4H3. The van der Waals surface area contributed by atoms with Gasteiger partial charge in [0, 0.05) is 17.7 Å². The summed E-state index contributed by atoms with van der Waals surface area (Å²) < 4.78 is 25.2. The topological polar surface area (TPSA) is 93.8 Å². The van der Waals surface area contributed by atoms with Crippen molar-refractivity contribution in [1.82, 2.24) is 14.9 Å². The predicted octanol–water partition coefficient (Wildman–Crippen LogP) is 3.34. The molecule has 1 saturated heterocycles. The normalized spacial score (nSPS) is 18.8. The number of nitrogens with zero attached hydrogens (tertiary/aromatic N) is 4. The second-order valence-electron chi connectivity index (χ2n) is 8.99. The molecule has 1 unspecified atom stereocenters. The number of rotatable bonds is 2. The van der Waals surface area contributed by atoms with Crippen LogP contribution >= 0.6 is 0 Å². The zero-order valence-corrected chi connectivity index (χ0v) is 18.3. The molecule has 9 heteroatoms. The molecule has 0 aliphatic carbocycles. The summed E-state index contributed by atoms with van der Waals surface area (Å²) in [7, 11) is 0. The SMILES string of the molecule is CC1COCCN1c1nc(-c2ccc(N)c(F)c2)nc2c1CN(C(=O)OC(C)(C)C)C2. The number of hydrogen-bond acceptors (Lipinski definition) is 7. The number of fused-ring (bicyclic) bond motifs is 1. The number of nitrogen functional groups attached to an aromatic ring is 1. The number of ether oxygens (including phenoxy) is 2. The number of nitrogens with two attached hydrogens (primary N) is 1. The quantitative estimate of drug-likeness (QED) is 0.732. The van der Waals surface area contributed by atoms with Gasteiger partial charge in [0.2, 0.25) is 0 Å². The first-order valence-corrected chi connectivity index (χ1v) is 10.4. The number of halogens is 1. The van der Waals surface area contributed by atoms with Gasteiger partial charge in [0.1, 0.15) is 17.2 Å². The maximum absolute atomic E-state index is 14.1. The average Bonchev–Trinajstić information content (AvgIpc) is 3.13. The number of aromatic nitrogens is 2. The van der Waals surface area contributed by atoms with E-state index >= 15 is 0 Å². The summed E-state index contributed by atoms with van der Waals surface area (Å²) in [4.78, 5) is 25.9. The van der Waals surface area contributed by atoms with Crippen molar-refractivity contribution in [3.05, 3.63) is 35.3 Å². The monoisotopic (exact) mass is 429 g/mol. The van der Waals surface area contributed by atoms with Crippen LogP contribution in [-0.2, 0) is 22.6 Å². The van der Waals surface area contributed by atoms with Gasteiger partial charge in [0.15, 0.2) is 5.82 Å². The largest absolute Gasteiger partial charge is 0.444 e. The average molecular weight is 429 g/mol. The van der Waals surface area contributed by atoms with Gasteiger partial charge in [-0.1, -0.05) is 0 Å². The van der Waals surface area contributed by atoms with Crippen molar-refractivity contribution in [3.8, 4) is 11.4 Å². The van der Waals surface area contributed by atoms with E-state index in [0.29, 0.717) is 44.2 Å². The molecular weight excluding hydrogens is 401 g/mol. The van der Waals surface area contributed by atoms with Crippen LogP contribution in [0.3, 0.4) is 0 Å². The highest BCUT2D eigenvalue weighted by molar-refractivity contribution is 5.71. The van der Waals surface area contributed by atoms with E-state index in [1.54, 1.807) is 11.0 Å². The molecular formula is C22H28FN5O3. The minimum atomic E-state index is -0.592. The van der Waals surface area contributed by atoms with E-state index in [1.165, 1.54) is 12.1 Å². The van der Waals surface area contributed by atoms with Crippen LogP contribution in [0.4, 0.5) is 20.7 Å². The number of morpholine rings is 1. The molecule has 1 aromatic heterocycles. The summed E-state index contributed by atoms with van der Waals surface area (Å²) >= 11 is 0. The molecule has 1 atom stereocenters. The Hall–Kier alpha value is -2.94. The maximum Gasteiger partial charge on any atom is 0.410 e. The van der Waals surface area contributed by atoms with Crippen molar-refractivity contribution < 1.29 is 18.7 Å². The van der Waals surface area contributed by atoms with E-state index in [2.05, 4.69) is 16.8 Å². The van der Waals surface area contributed by atoms with Crippen molar-refractivity contribution >= 4 is 17.6 Å². The number of carbonyl (C=O) groups is 1. The third-order valence-electron chi connectivity index (χ3n) is 5.31. The summed E-state index contributed by atoms with van der Waals surface area (Å²) in [5.41, 5.74) is 7.27. The number of anilines is 2. The van der Waals surface area contributed by atoms with Crippen LogP contribution in [0.25, 0.3) is 11.4 Å². The summed E-state index contributed by atoms with van der Waals surface area (Å²) in [6.45, 7) is 10.1. The molecule has 2 aliphatic heterocycles. The van der Waals surface area contributed by atoms with Gasteiger partial charge >= 0.3 is 6.09 Å². The Morgan fingerprint density at radius 2 is 2.06 bits per heavy atom. The van der Waals surface area contributed by atoms with Gasteiger partial charge in [-0.05, 0) is 45.9 Å². The van der Waals surface area contributed by atoms with E-state index in [1.807, 2.05) is 20.8 Å². The molecule has 2 aromatic rings. The lowest BCUT2D eigenvalue weighted by atomic mass is 10.1. The van der Waals surface area contributed by atoms with Crippen molar-refractivity contribution in [3.63, 3.8) is 0 Å². The van der Waals surface area contributed by atoms with Gasteiger partial charge in [-0.3, -0.25) is 4.90 Å². The Morgan fingerprint density at radius 3 is 2.74 bits per heavy atom. The van der Waals surface area contributed by atoms with Crippen LogP contribution in [-0.4, -0.2) is 52.4 Å². The van der Waals surface area contributed by atoms with Crippen LogP contribution < -0.4 is 10.6 Å².